The van der Waals surface area contributed by atoms with Crippen LogP contribution in [0.1, 0.15) is 26.7 Å². The molecule has 2 fully saturated rings. The largest absolute Gasteiger partial charge is 0.387 e. The summed E-state index contributed by atoms with van der Waals surface area (Å²) in [5.74, 6) is 0.236. The fraction of sp³-hybridized carbons (Fsp3) is 0.923. The third kappa shape index (κ3) is 3.32. The van der Waals surface area contributed by atoms with Gasteiger partial charge in [0.15, 0.2) is 9.84 Å². The number of aliphatic hydroxyl groups is 1. The number of carbonyl (C=O) groups is 1. The van der Waals surface area contributed by atoms with Crippen molar-refractivity contribution in [2.45, 2.75) is 38.3 Å². The highest BCUT2D eigenvalue weighted by atomic mass is 32.2. The van der Waals surface area contributed by atoms with Crippen LogP contribution < -0.4 is 0 Å². The minimum absolute atomic E-state index is 0.0345. The molecule has 20 heavy (non-hydrogen) atoms. The van der Waals surface area contributed by atoms with Crippen LogP contribution in [0.5, 0.6) is 0 Å². The molecule has 1 N–H and O–H groups in total. The third-order valence-electron chi connectivity index (χ3n) is 4.36. The summed E-state index contributed by atoms with van der Waals surface area (Å²) in [4.78, 5) is 15.9. The summed E-state index contributed by atoms with van der Waals surface area (Å²) in [5.41, 5.74) is -0.645. The van der Waals surface area contributed by atoms with Gasteiger partial charge in [-0.2, -0.15) is 0 Å². The summed E-state index contributed by atoms with van der Waals surface area (Å²) in [6.07, 6.45) is 1.23. The number of sulfone groups is 1. The summed E-state index contributed by atoms with van der Waals surface area (Å²) < 4.78 is 23.0. The Labute approximate surface area is 120 Å². The smallest absolute Gasteiger partial charge is 0.237 e. The Bertz CT molecular complexity index is 471. The van der Waals surface area contributed by atoms with Crippen LogP contribution in [-0.2, 0) is 14.6 Å². The van der Waals surface area contributed by atoms with Gasteiger partial charge in [0.25, 0.3) is 0 Å². The average molecular weight is 304 g/mol. The Morgan fingerprint density at radius 1 is 1.40 bits per heavy atom. The third-order valence-corrected chi connectivity index (χ3v) is 6.11. The molecule has 0 spiro atoms. The van der Waals surface area contributed by atoms with Gasteiger partial charge in [-0.25, -0.2) is 8.42 Å². The van der Waals surface area contributed by atoms with Crippen LogP contribution in [0.25, 0.3) is 0 Å². The molecule has 0 saturated carbocycles. The number of amides is 1. The quantitative estimate of drug-likeness (QED) is 0.739. The molecule has 0 aromatic carbocycles. The van der Waals surface area contributed by atoms with Crippen molar-refractivity contribution in [1.82, 2.24) is 9.80 Å². The molecule has 7 heteroatoms. The summed E-state index contributed by atoms with van der Waals surface area (Å²) in [7, 11) is -2.97. The predicted molar refractivity (Wildman–Crippen MR) is 76.1 cm³/mol. The standard InChI is InChI=1S/C13H24N2O4S/c1-3-13(17)9-14(10-13)7-12(16)15(4-2)11-5-6-20(18,19)8-11/h11,17H,3-10H2,1-2H3. The van der Waals surface area contributed by atoms with Crippen molar-refractivity contribution in [2.24, 2.45) is 0 Å². The van der Waals surface area contributed by atoms with Gasteiger partial charge < -0.3 is 10.0 Å². The monoisotopic (exact) mass is 304 g/mol. The molecule has 1 atom stereocenters. The lowest BCUT2D eigenvalue weighted by molar-refractivity contribution is -0.143. The zero-order chi connectivity index (χ0) is 15.0. The van der Waals surface area contributed by atoms with E-state index in [0.29, 0.717) is 32.5 Å². The van der Waals surface area contributed by atoms with Crippen LogP contribution in [0.4, 0.5) is 0 Å². The Hall–Kier alpha value is -0.660. The maximum atomic E-state index is 12.3. The summed E-state index contributed by atoms with van der Waals surface area (Å²) in [6.45, 7) is 5.66. The first-order valence-electron chi connectivity index (χ1n) is 7.23. The van der Waals surface area contributed by atoms with Gasteiger partial charge in [-0.05, 0) is 19.8 Å². The second-order valence-corrected chi connectivity index (χ2v) is 8.19. The normalized spacial score (nSPS) is 28.1. The van der Waals surface area contributed by atoms with Crippen molar-refractivity contribution in [3.8, 4) is 0 Å². The zero-order valence-corrected chi connectivity index (χ0v) is 13.0. The van der Waals surface area contributed by atoms with Gasteiger partial charge in [0.1, 0.15) is 0 Å². The van der Waals surface area contributed by atoms with Crippen LogP contribution in [0, 0.1) is 0 Å². The second-order valence-electron chi connectivity index (χ2n) is 5.96. The SMILES string of the molecule is CCN(C(=O)CN1CC(O)(CC)C1)C1CCS(=O)(=O)C1. The number of hydrogen-bond acceptors (Lipinski definition) is 5. The number of rotatable bonds is 5. The Balaban J connectivity index is 1.88. The molecule has 1 amide bonds. The van der Waals surface area contributed by atoms with E-state index in [1.165, 1.54) is 0 Å². The summed E-state index contributed by atoms with van der Waals surface area (Å²) >= 11 is 0. The molecule has 0 aromatic rings. The molecule has 0 bridgehead atoms. The van der Waals surface area contributed by atoms with Gasteiger partial charge in [0, 0.05) is 25.7 Å². The van der Waals surface area contributed by atoms with Gasteiger partial charge in [-0.15, -0.1) is 0 Å². The molecular weight excluding hydrogens is 280 g/mol. The van der Waals surface area contributed by atoms with Gasteiger partial charge >= 0.3 is 0 Å². The van der Waals surface area contributed by atoms with Crippen LogP contribution in [0.15, 0.2) is 0 Å². The average Bonchev–Trinajstić information content (AvgIpc) is 2.68. The fourth-order valence-corrected chi connectivity index (χ4v) is 4.79. The molecule has 2 rings (SSSR count). The van der Waals surface area contributed by atoms with E-state index < -0.39 is 15.4 Å². The maximum absolute atomic E-state index is 12.3. The highest BCUT2D eigenvalue weighted by Gasteiger charge is 2.41. The van der Waals surface area contributed by atoms with Crippen molar-refractivity contribution in [1.29, 1.82) is 0 Å². The maximum Gasteiger partial charge on any atom is 0.237 e. The second kappa shape index (κ2) is 5.61. The van der Waals surface area contributed by atoms with Gasteiger partial charge in [-0.1, -0.05) is 6.92 Å². The molecule has 2 aliphatic rings. The zero-order valence-electron chi connectivity index (χ0n) is 12.2. The van der Waals surface area contributed by atoms with Crippen molar-refractivity contribution < 1.29 is 18.3 Å². The van der Waals surface area contributed by atoms with Gasteiger partial charge in [-0.3, -0.25) is 9.69 Å². The predicted octanol–water partition coefficient (Wildman–Crippen LogP) is -0.521. The molecule has 0 radical (unpaired) electrons. The molecule has 1 unspecified atom stereocenters. The van der Waals surface area contributed by atoms with Crippen molar-refractivity contribution >= 4 is 15.7 Å². The molecule has 0 aliphatic carbocycles. The lowest BCUT2D eigenvalue weighted by Gasteiger charge is -2.46. The first-order valence-corrected chi connectivity index (χ1v) is 9.05. The first-order chi connectivity index (χ1) is 9.28. The fourth-order valence-electron chi connectivity index (χ4n) is 3.06. The van der Waals surface area contributed by atoms with Crippen molar-refractivity contribution in [3.05, 3.63) is 0 Å². The molecule has 6 nitrogen and oxygen atoms in total. The van der Waals surface area contributed by atoms with E-state index in [4.69, 9.17) is 0 Å². The lowest BCUT2D eigenvalue weighted by atomic mass is 9.91. The van der Waals surface area contributed by atoms with Crippen LogP contribution >= 0.6 is 0 Å². The highest BCUT2D eigenvalue weighted by molar-refractivity contribution is 7.91. The van der Waals surface area contributed by atoms with Gasteiger partial charge in [0.2, 0.25) is 5.91 Å². The number of likely N-dealkylation sites (tertiary alicyclic amines) is 1. The highest BCUT2D eigenvalue weighted by Crippen LogP contribution is 2.24. The van der Waals surface area contributed by atoms with Crippen LogP contribution in [-0.4, -0.2) is 78.6 Å². The van der Waals surface area contributed by atoms with E-state index in [9.17, 15) is 18.3 Å². The molecule has 116 valence electrons. The van der Waals surface area contributed by atoms with Crippen molar-refractivity contribution in [2.75, 3.05) is 37.7 Å². The molecule has 2 heterocycles. The van der Waals surface area contributed by atoms with E-state index in [1.54, 1.807) is 4.90 Å². The minimum Gasteiger partial charge on any atom is -0.387 e. The molecular formula is C13H24N2O4S. The Morgan fingerprint density at radius 3 is 2.50 bits per heavy atom. The topological polar surface area (TPSA) is 77.9 Å². The van der Waals surface area contributed by atoms with E-state index in [-0.39, 0.29) is 30.0 Å². The van der Waals surface area contributed by atoms with E-state index >= 15 is 0 Å². The van der Waals surface area contributed by atoms with E-state index in [1.807, 2.05) is 18.7 Å². The van der Waals surface area contributed by atoms with Crippen molar-refractivity contribution in [3.63, 3.8) is 0 Å². The Kier molecular flexibility index (Phi) is 4.41. The number of hydrogen-bond donors (Lipinski definition) is 1. The summed E-state index contributed by atoms with van der Waals surface area (Å²) in [6, 6.07) is -0.177. The van der Waals surface area contributed by atoms with Crippen LogP contribution in [0.3, 0.4) is 0 Å². The first kappa shape index (κ1) is 15.7. The van der Waals surface area contributed by atoms with E-state index in [2.05, 4.69) is 0 Å². The van der Waals surface area contributed by atoms with Crippen LogP contribution in [0.2, 0.25) is 0 Å². The number of nitrogens with zero attached hydrogens (tertiary/aromatic N) is 2. The van der Waals surface area contributed by atoms with Gasteiger partial charge in [0.05, 0.1) is 23.7 Å². The minimum atomic E-state index is -2.97. The molecule has 2 saturated heterocycles. The number of likely N-dealkylation sites (N-methyl/N-ethyl adjacent to an activating group) is 1. The lowest BCUT2D eigenvalue weighted by Crippen LogP contribution is -2.63. The Morgan fingerprint density at radius 2 is 2.05 bits per heavy atom. The number of carbonyl (C=O) groups excluding carboxylic acids is 1. The molecule has 2 aliphatic heterocycles. The number of β-amino-alcohol motifs (C(OH)–C–C–N with tert-alkyl or cyclic N) is 1. The van der Waals surface area contributed by atoms with E-state index in [0.717, 1.165) is 0 Å². The molecule has 0 aromatic heterocycles. The summed E-state index contributed by atoms with van der Waals surface area (Å²) in [5, 5.41) is 9.93.